The monoisotopic (exact) mass is 496 g/mol. The molecule has 0 amide bonds. The van der Waals surface area contributed by atoms with Crippen molar-refractivity contribution in [2.75, 3.05) is 37.4 Å². The minimum Gasteiger partial charge on any atom is -0.355 e. The van der Waals surface area contributed by atoms with Crippen LogP contribution in [0, 0.1) is 5.41 Å². The average molecular weight is 497 g/mol. The van der Waals surface area contributed by atoms with E-state index in [1.807, 2.05) is 30.7 Å². The van der Waals surface area contributed by atoms with Crippen molar-refractivity contribution in [2.45, 2.75) is 57.4 Å². The smallest absolute Gasteiger partial charge is 0.228 e. The highest BCUT2D eigenvalue weighted by Crippen LogP contribution is 2.53. The van der Waals surface area contributed by atoms with Crippen molar-refractivity contribution in [3.8, 4) is 11.1 Å². The zero-order valence-corrected chi connectivity index (χ0v) is 22.3. The Morgan fingerprint density at radius 3 is 2.57 bits per heavy atom. The van der Waals surface area contributed by atoms with Gasteiger partial charge in [-0.05, 0) is 74.5 Å². The van der Waals surface area contributed by atoms with E-state index in [9.17, 15) is 0 Å². The molecule has 6 rings (SSSR count). The molecular weight excluding hydrogens is 460 g/mol. The van der Waals surface area contributed by atoms with E-state index >= 15 is 0 Å². The van der Waals surface area contributed by atoms with Gasteiger partial charge in [0.1, 0.15) is 0 Å². The highest BCUT2D eigenvalue weighted by atomic mass is 15.3. The van der Waals surface area contributed by atoms with Crippen molar-refractivity contribution >= 4 is 17.6 Å². The van der Waals surface area contributed by atoms with Crippen LogP contribution in [0.5, 0.6) is 0 Å². The number of hydrogen-bond acceptors (Lipinski definition) is 8. The number of aromatic nitrogens is 5. The maximum absolute atomic E-state index is 5.08. The molecule has 1 spiro atoms. The van der Waals surface area contributed by atoms with Gasteiger partial charge in [0.2, 0.25) is 5.95 Å². The van der Waals surface area contributed by atoms with Crippen molar-refractivity contribution in [1.82, 2.24) is 30.0 Å². The number of pyridine rings is 1. The number of rotatable bonds is 4. The van der Waals surface area contributed by atoms with Crippen LogP contribution in [0.1, 0.15) is 57.2 Å². The quantitative estimate of drug-likeness (QED) is 0.507. The van der Waals surface area contributed by atoms with E-state index < -0.39 is 0 Å². The molecule has 0 saturated carbocycles. The summed E-state index contributed by atoms with van der Waals surface area (Å²) in [5, 5.41) is 12.3. The fourth-order valence-electron chi connectivity index (χ4n) is 6.16. The third-order valence-corrected chi connectivity index (χ3v) is 8.42. The SMILES string of the molecule is CN(C)C1CCN(c2ccc(Nc3ncc4c(n3)C3(C=CC(C)(C)CCC3)c3cnccc3-4)nn2)CC1. The lowest BCUT2D eigenvalue weighted by atomic mass is 9.78. The van der Waals surface area contributed by atoms with Crippen LogP contribution >= 0.6 is 0 Å². The van der Waals surface area contributed by atoms with Gasteiger partial charge in [-0.2, -0.15) is 0 Å². The van der Waals surface area contributed by atoms with E-state index in [1.165, 1.54) is 11.1 Å². The zero-order valence-electron chi connectivity index (χ0n) is 22.3. The van der Waals surface area contributed by atoms with Crippen LogP contribution in [0.3, 0.4) is 0 Å². The standard InChI is InChI=1S/C29H36N8/c1-28(2)11-5-12-29(14-13-28)23-19-30-15-8-21(23)22-18-31-27(33-26(22)29)32-24-6-7-25(35-34-24)37-16-9-20(10-17-37)36(3)4/h6-8,13-15,18-20H,5,9-12,16-17H2,1-4H3,(H,31,32,33,34). The van der Waals surface area contributed by atoms with E-state index in [0.29, 0.717) is 17.8 Å². The molecule has 3 aliphatic rings. The van der Waals surface area contributed by atoms with Crippen molar-refractivity contribution in [3.63, 3.8) is 0 Å². The summed E-state index contributed by atoms with van der Waals surface area (Å²) < 4.78 is 0. The zero-order chi connectivity index (χ0) is 25.6. The maximum Gasteiger partial charge on any atom is 0.228 e. The van der Waals surface area contributed by atoms with Crippen molar-refractivity contribution in [1.29, 1.82) is 0 Å². The summed E-state index contributed by atoms with van der Waals surface area (Å²) in [7, 11) is 4.32. The number of allylic oxidation sites excluding steroid dienone is 2. The molecule has 1 saturated heterocycles. The minimum atomic E-state index is -0.277. The number of anilines is 3. The van der Waals surface area contributed by atoms with Gasteiger partial charge in [-0.25, -0.2) is 9.97 Å². The topological polar surface area (TPSA) is 83.0 Å². The average Bonchev–Trinajstić information content (AvgIpc) is 3.05. The number of nitrogens with one attached hydrogen (secondary N) is 1. The Bertz CT molecular complexity index is 1310. The number of nitrogens with zero attached hydrogens (tertiary/aromatic N) is 7. The molecule has 0 radical (unpaired) electrons. The summed E-state index contributed by atoms with van der Waals surface area (Å²) >= 11 is 0. The molecule has 1 fully saturated rings. The molecule has 3 aromatic rings. The first-order chi connectivity index (χ1) is 17.8. The Labute approximate surface area is 219 Å². The number of piperidine rings is 1. The van der Waals surface area contributed by atoms with Gasteiger partial charge in [-0.1, -0.05) is 32.4 Å². The Kier molecular flexibility index (Phi) is 5.94. The van der Waals surface area contributed by atoms with Gasteiger partial charge < -0.3 is 15.1 Å². The van der Waals surface area contributed by atoms with Crippen molar-refractivity contribution in [2.24, 2.45) is 5.41 Å². The molecule has 8 heteroatoms. The lowest BCUT2D eigenvalue weighted by molar-refractivity contribution is 0.249. The third-order valence-electron chi connectivity index (χ3n) is 8.42. The van der Waals surface area contributed by atoms with Crippen LogP contribution in [-0.4, -0.2) is 63.3 Å². The summed E-state index contributed by atoms with van der Waals surface area (Å²) in [4.78, 5) is 18.9. The van der Waals surface area contributed by atoms with Crippen LogP contribution in [-0.2, 0) is 5.41 Å². The second kappa shape index (κ2) is 9.17. The van der Waals surface area contributed by atoms with Gasteiger partial charge in [0.05, 0.1) is 11.1 Å². The lowest BCUT2D eigenvalue weighted by Gasteiger charge is -2.35. The van der Waals surface area contributed by atoms with E-state index in [1.54, 1.807) is 0 Å². The van der Waals surface area contributed by atoms with Crippen LogP contribution in [0.2, 0.25) is 0 Å². The fourth-order valence-corrected chi connectivity index (χ4v) is 6.16. The highest BCUT2D eigenvalue weighted by molar-refractivity contribution is 5.80. The highest BCUT2D eigenvalue weighted by Gasteiger charge is 2.44. The molecule has 0 aromatic carbocycles. The largest absolute Gasteiger partial charge is 0.355 e. The van der Waals surface area contributed by atoms with Gasteiger partial charge >= 0.3 is 0 Å². The second-order valence-electron chi connectivity index (χ2n) is 11.6. The van der Waals surface area contributed by atoms with Crippen molar-refractivity contribution in [3.05, 3.63) is 60.2 Å². The summed E-state index contributed by atoms with van der Waals surface area (Å²) in [6, 6.07) is 6.74. The van der Waals surface area contributed by atoms with Crippen LogP contribution in [0.25, 0.3) is 11.1 Å². The molecule has 3 aromatic heterocycles. The van der Waals surface area contributed by atoms with E-state index in [2.05, 4.69) is 81.4 Å². The molecule has 0 bridgehead atoms. The first-order valence-corrected chi connectivity index (χ1v) is 13.4. The maximum atomic E-state index is 5.08. The summed E-state index contributed by atoms with van der Waals surface area (Å²) in [5.74, 6) is 2.12. The first kappa shape index (κ1) is 24.0. The van der Waals surface area contributed by atoms with Crippen LogP contribution in [0.15, 0.2) is 48.9 Å². The van der Waals surface area contributed by atoms with Gasteiger partial charge in [0, 0.05) is 43.3 Å². The Hall–Kier alpha value is -3.39. The molecule has 1 N–H and O–H groups in total. The molecule has 1 unspecified atom stereocenters. The molecule has 1 atom stereocenters. The Balaban J connectivity index is 1.26. The normalized spacial score (nSPS) is 22.7. The first-order valence-electron chi connectivity index (χ1n) is 13.4. The molecule has 192 valence electrons. The van der Waals surface area contributed by atoms with E-state index in [-0.39, 0.29) is 10.8 Å². The Morgan fingerprint density at radius 2 is 1.81 bits per heavy atom. The van der Waals surface area contributed by atoms with Crippen LogP contribution in [0.4, 0.5) is 17.6 Å². The predicted octanol–water partition coefficient (Wildman–Crippen LogP) is 4.97. The van der Waals surface area contributed by atoms with E-state index in [4.69, 9.17) is 4.98 Å². The molecule has 8 nitrogen and oxygen atoms in total. The van der Waals surface area contributed by atoms with Gasteiger partial charge in [0.25, 0.3) is 0 Å². The molecule has 37 heavy (non-hydrogen) atoms. The molecule has 1 aliphatic heterocycles. The van der Waals surface area contributed by atoms with Gasteiger partial charge in [0.15, 0.2) is 11.6 Å². The van der Waals surface area contributed by atoms with Crippen LogP contribution < -0.4 is 10.2 Å². The molecule has 4 heterocycles. The lowest BCUT2D eigenvalue weighted by Crippen LogP contribution is -2.42. The summed E-state index contributed by atoms with van der Waals surface area (Å²) in [6.45, 7) is 6.62. The summed E-state index contributed by atoms with van der Waals surface area (Å²) in [5.41, 5.74) is 4.45. The van der Waals surface area contributed by atoms with Gasteiger partial charge in [-0.15, -0.1) is 10.2 Å². The Morgan fingerprint density at radius 1 is 0.973 bits per heavy atom. The van der Waals surface area contributed by atoms with E-state index in [0.717, 1.165) is 62.3 Å². The third kappa shape index (κ3) is 4.37. The predicted molar refractivity (Wildman–Crippen MR) is 147 cm³/mol. The number of hydrogen-bond donors (Lipinski definition) is 1. The molecule has 2 aliphatic carbocycles. The van der Waals surface area contributed by atoms with Gasteiger partial charge in [-0.3, -0.25) is 4.98 Å². The second-order valence-corrected chi connectivity index (χ2v) is 11.6. The van der Waals surface area contributed by atoms with Crippen molar-refractivity contribution < 1.29 is 0 Å². The fraction of sp³-hybridized carbons (Fsp3) is 0.483. The number of fused-ring (bicyclic) bond motifs is 5. The minimum absolute atomic E-state index is 0.168. The molecular formula is C29H36N8. The summed E-state index contributed by atoms with van der Waals surface area (Å²) in [6.07, 6.45) is 16.1.